The molecule has 0 aliphatic carbocycles. The molecular weight excluding hydrogens is 450 g/mol. The topological polar surface area (TPSA) is 228 Å². The number of carbonyl (C=O) groups is 1. The Hall–Kier alpha value is -1.45. The third-order valence-electron chi connectivity index (χ3n) is 5.19. The molecule has 2 saturated heterocycles. The predicted molar refractivity (Wildman–Crippen MR) is 105 cm³/mol. The molecule has 0 bridgehead atoms. The summed E-state index contributed by atoms with van der Waals surface area (Å²) in [6.45, 7) is -1.09. The number of hydrogen-bond donors (Lipinski definition) is 9. The maximum absolute atomic E-state index is 12.0. The molecule has 0 radical (unpaired) electrons. The van der Waals surface area contributed by atoms with E-state index in [9.17, 15) is 40.5 Å². The van der Waals surface area contributed by atoms with Gasteiger partial charge in [0.1, 0.15) is 54.9 Å². The summed E-state index contributed by atoms with van der Waals surface area (Å²) in [5.74, 6) is 3.77. The molecule has 2 fully saturated rings. The summed E-state index contributed by atoms with van der Waals surface area (Å²) in [6.07, 6.45) is -15.2. The van der Waals surface area contributed by atoms with Crippen molar-refractivity contribution in [2.75, 3.05) is 26.4 Å². The van der Waals surface area contributed by atoms with Crippen LogP contribution in [0.5, 0.6) is 0 Å². The van der Waals surface area contributed by atoms with Gasteiger partial charge in [-0.25, -0.2) is 0 Å². The zero-order valence-electron chi connectivity index (χ0n) is 17.8. The highest BCUT2D eigenvalue weighted by Gasteiger charge is 2.51. The number of ether oxygens (including phenoxy) is 4. The Balaban J connectivity index is 2.24. The Labute approximate surface area is 189 Å². The first kappa shape index (κ1) is 27.8. The van der Waals surface area contributed by atoms with Gasteiger partial charge < -0.3 is 65.1 Å². The van der Waals surface area contributed by atoms with E-state index < -0.39 is 99.8 Å². The van der Waals surface area contributed by atoms with Gasteiger partial charge in [-0.2, -0.15) is 0 Å². The Bertz CT molecular complexity index is 682. The van der Waals surface area contributed by atoms with E-state index in [4.69, 9.17) is 24.1 Å². The van der Waals surface area contributed by atoms with Crippen LogP contribution >= 0.6 is 0 Å². The highest BCUT2D eigenvalue weighted by atomic mass is 16.7. The Morgan fingerprint density at radius 1 is 0.970 bits per heavy atom. The van der Waals surface area contributed by atoms with Crippen molar-refractivity contribution in [2.45, 2.75) is 74.4 Å². The van der Waals surface area contributed by atoms with Crippen molar-refractivity contribution in [1.29, 1.82) is 0 Å². The van der Waals surface area contributed by atoms with Crippen LogP contribution in [0.25, 0.3) is 0 Å². The number of aliphatic hydroxyl groups is 8. The summed E-state index contributed by atoms with van der Waals surface area (Å²) < 4.78 is 21.7. The molecular formula is C19H31NO13. The maximum atomic E-state index is 12.0. The molecule has 0 saturated carbocycles. The van der Waals surface area contributed by atoms with Crippen LogP contribution in [-0.2, 0) is 23.7 Å². The van der Waals surface area contributed by atoms with Gasteiger partial charge in [-0.15, -0.1) is 0 Å². The summed E-state index contributed by atoms with van der Waals surface area (Å²) in [7, 11) is 0. The lowest BCUT2D eigenvalue weighted by Gasteiger charge is -2.47. The van der Waals surface area contributed by atoms with E-state index in [1.54, 1.807) is 0 Å². The number of hydrogen-bond acceptors (Lipinski definition) is 13. The summed E-state index contributed by atoms with van der Waals surface area (Å²) in [5.41, 5.74) is 0. The van der Waals surface area contributed by atoms with Crippen molar-refractivity contribution in [3.63, 3.8) is 0 Å². The molecule has 14 nitrogen and oxygen atoms in total. The molecule has 2 aliphatic rings. The number of aliphatic hydroxyl groups excluding tert-OH is 8. The number of rotatable bonds is 9. The molecule has 2 rings (SSSR count). The molecule has 4 unspecified atom stereocenters. The molecule has 2 aliphatic heterocycles. The molecule has 0 aromatic heterocycles. The molecule has 11 atom stereocenters. The van der Waals surface area contributed by atoms with E-state index in [0.717, 1.165) is 0 Å². The van der Waals surface area contributed by atoms with Crippen LogP contribution in [0.3, 0.4) is 0 Å². The molecule has 2 heterocycles. The van der Waals surface area contributed by atoms with Crippen molar-refractivity contribution in [3.8, 4) is 11.8 Å². The highest BCUT2D eigenvalue weighted by molar-refractivity contribution is 5.93. The minimum absolute atomic E-state index is 0.434. The standard InChI is InChI=1S/C19H31NO13/c1-2-3-11(25)20-12-14(27)17(10(6-23)32-18(12)30-7-8(24)4-21)33-19-16(29)15(28)13(26)9(5-22)31-19/h8-10,12-19,21-24,26-29H,4-7H2,1H3,(H,20,25)/t8-,9?,10?,12+,13+,14?,15?,16+,17+,18-,19+/m1/s1. The van der Waals surface area contributed by atoms with E-state index in [1.807, 2.05) is 0 Å². The maximum Gasteiger partial charge on any atom is 0.296 e. The van der Waals surface area contributed by atoms with Gasteiger partial charge in [0.2, 0.25) is 0 Å². The lowest BCUT2D eigenvalue weighted by atomic mass is 9.95. The fourth-order valence-corrected chi connectivity index (χ4v) is 3.43. The Kier molecular flexibility index (Phi) is 10.8. The van der Waals surface area contributed by atoms with Crippen LogP contribution in [0, 0.1) is 11.8 Å². The number of amides is 1. The zero-order chi connectivity index (χ0) is 24.7. The molecule has 0 spiro atoms. The van der Waals surface area contributed by atoms with Crippen molar-refractivity contribution in [1.82, 2.24) is 5.32 Å². The largest absolute Gasteiger partial charge is 0.394 e. The molecule has 0 aromatic rings. The van der Waals surface area contributed by atoms with Gasteiger partial charge in [-0.05, 0) is 12.8 Å². The average Bonchev–Trinajstić information content (AvgIpc) is 2.80. The van der Waals surface area contributed by atoms with E-state index >= 15 is 0 Å². The third kappa shape index (κ3) is 6.79. The first-order valence-corrected chi connectivity index (χ1v) is 10.2. The van der Waals surface area contributed by atoms with Crippen molar-refractivity contribution in [3.05, 3.63) is 0 Å². The quantitative estimate of drug-likeness (QED) is 0.140. The van der Waals surface area contributed by atoms with Crippen LogP contribution in [-0.4, -0.2) is 141 Å². The van der Waals surface area contributed by atoms with Gasteiger partial charge in [0, 0.05) is 0 Å². The Morgan fingerprint density at radius 2 is 1.61 bits per heavy atom. The van der Waals surface area contributed by atoms with Gasteiger partial charge in [0.25, 0.3) is 5.91 Å². The van der Waals surface area contributed by atoms with Crippen molar-refractivity contribution < 1.29 is 64.6 Å². The molecule has 1 amide bonds. The summed E-state index contributed by atoms with van der Waals surface area (Å²) >= 11 is 0. The number of carbonyl (C=O) groups excluding carboxylic acids is 1. The minimum Gasteiger partial charge on any atom is -0.394 e. The molecule has 33 heavy (non-hydrogen) atoms. The van der Waals surface area contributed by atoms with Gasteiger partial charge >= 0.3 is 0 Å². The number of nitrogens with one attached hydrogen (secondary N) is 1. The van der Waals surface area contributed by atoms with Crippen LogP contribution < -0.4 is 5.32 Å². The van der Waals surface area contributed by atoms with Gasteiger partial charge in [-0.1, -0.05) is 5.92 Å². The first-order valence-electron chi connectivity index (χ1n) is 10.2. The SMILES string of the molecule is CC#CC(=O)N[C@H]1C(O)[C@@H](O[C@@H]2OC(CO)[C@H](O)C(O)[C@@H]2O)C(CO)O[C@H]1OC[C@H](O)CO. The molecule has 190 valence electrons. The third-order valence-corrected chi connectivity index (χ3v) is 5.19. The lowest BCUT2D eigenvalue weighted by Crippen LogP contribution is -2.67. The monoisotopic (exact) mass is 481 g/mol. The van der Waals surface area contributed by atoms with E-state index in [0.29, 0.717) is 0 Å². The summed E-state index contributed by atoms with van der Waals surface area (Å²) in [6, 6.07) is -1.35. The fourth-order valence-electron chi connectivity index (χ4n) is 3.43. The smallest absolute Gasteiger partial charge is 0.296 e. The normalized spacial score (nSPS) is 39.9. The molecule has 9 N–H and O–H groups in total. The second-order valence-electron chi connectivity index (χ2n) is 7.56. The van der Waals surface area contributed by atoms with E-state index in [2.05, 4.69) is 17.2 Å². The second-order valence-corrected chi connectivity index (χ2v) is 7.56. The molecule has 0 aromatic carbocycles. The van der Waals surface area contributed by atoms with Crippen LogP contribution in [0.15, 0.2) is 0 Å². The second kappa shape index (κ2) is 12.9. The van der Waals surface area contributed by atoms with Gasteiger partial charge in [-0.3, -0.25) is 4.79 Å². The van der Waals surface area contributed by atoms with Crippen molar-refractivity contribution in [2.24, 2.45) is 0 Å². The highest BCUT2D eigenvalue weighted by Crippen LogP contribution is 2.29. The van der Waals surface area contributed by atoms with Crippen LogP contribution in [0.2, 0.25) is 0 Å². The summed E-state index contributed by atoms with van der Waals surface area (Å²) in [5, 5.41) is 81.0. The Morgan fingerprint density at radius 3 is 2.18 bits per heavy atom. The van der Waals surface area contributed by atoms with Crippen LogP contribution in [0.4, 0.5) is 0 Å². The van der Waals surface area contributed by atoms with Gasteiger partial charge in [0.15, 0.2) is 12.6 Å². The lowest BCUT2D eigenvalue weighted by molar-refractivity contribution is -0.349. The van der Waals surface area contributed by atoms with E-state index in [1.165, 1.54) is 6.92 Å². The average molecular weight is 481 g/mol. The van der Waals surface area contributed by atoms with Gasteiger partial charge in [0.05, 0.1) is 26.4 Å². The van der Waals surface area contributed by atoms with Crippen molar-refractivity contribution >= 4 is 5.91 Å². The predicted octanol–water partition coefficient (Wildman–Crippen LogP) is -5.87. The van der Waals surface area contributed by atoms with Crippen LogP contribution in [0.1, 0.15) is 6.92 Å². The first-order chi connectivity index (χ1) is 15.7. The van der Waals surface area contributed by atoms with E-state index in [-0.39, 0.29) is 0 Å². The molecule has 14 heteroatoms. The minimum atomic E-state index is -1.79. The fraction of sp³-hybridized carbons (Fsp3) is 0.842. The summed E-state index contributed by atoms with van der Waals surface area (Å²) in [4.78, 5) is 12.0. The zero-order valence-corrected chi connectivity index (χ0v) is 17.8.